The third-order valence-electron chi connectivity index (χ3n) is 3.22. The van der Waals surface area contributed by atoms with Gasteiger partial charge in [-0.2, -0.15) is 5.10 Å². The van der Waals surface area contributed by atoms with E-state index in [1.54, 1.807) is 9.58 Å². The van der Waals surface area contributed by atoms with Crippen LogP contribution in [-0.2, 0) is 16.1 Å². The largest absolute Gasteiger partial charge is 0.347 e. The molecule has 1 atom stereocenters. The number of rotatable bonds is 3. The third-order valence-corrected chi connectivity index (χ3v) is 3.22. The number of amides is 2. The Morgan fingerprint density at radius 1 is 1.47 bits per heavy atom. The summed E-state index contributed by atoms with van der Waals surface area (Å²) in [6, 6.07) is 0.0574. The van der Waals surface area contributed by atoms with E-state index in [1.165, 1.54) is 6.33 Å². The lowest BCUT2D eigenvalue weighted by molar-refractivity contribution is -0.132. The third kappa shape index (κ3) is 2.91. The second-order valence-corrected chi connectivity index (χ2v) is 5.07. The molecule has 0 aliphatic carbocycles. The van der Waals surface area contributed by atoms with Crippen LogP contribution in [0.3, 0.4) is 0 Å². The monoisotopic (exact) mass is 265 g/mol. The summed E-state index contributed by atoms with van der Waals surface area (Å²) in [5, 5.41) is 6.75. The summed E-state index contributed by atoms with van der Waals surface area (Å²) in [6.07, 6.45) is 1.81. The number of nitrogens with one attached hydrogen (secondary N) is 1. The van der Waals surface area contributed by atoms with Crippen molar-refractivity contribution in [2.24, 2.45) is 0 Å². The molecule has 1 aliphatic rings. The van der Waals surface area contributed by atoms with E-state index in [-0.39, 0.29) is 30.4 Å². The molecule has 1 fully saturated rings. The van der Waals surface area contributed by atoms with Gasteiger partial charge in [0.15, 0.2) is 0 Å². The van der Waals surface area contributed by atoms with Crippen LogP contribution in [0.4, 0.5) is 0 Å². The van der Waals surface area contributed by atoms with E-state index in [0.717, 1.165) is 5.82 Å². The summed E-state index contributed by atoms with van der Waals surface area (Å²) in [5.41, 5.74) is 0. The minimum absolute atomic E-state index is 0.0546. The molecule has 104 valence electrons. The SMILES string of the molecule is CC1CC(=O)NCC(=O)N1Cc1ncnn1C(C)C. The molecular weight excluding hydrogens is 246 g/mol. The number of aromatic nitrogens is 3. The number of nitrogens with zero attached hydrogens (tertiary/aromatic N) is 4. The summed E-state index contributed by atoms with van der Waals surface area (Å²) in [5.74, 6) is 0.565. The second-order valence-electron chi connectivity index (χ2n) is 5.07. The quantitative estimate of drug-likeness (QED) is 0.840. The Morgan fingerprint density at radius 3 is 2.89 bits per heavy atom. The van der Waals surface area contributed by atoms with Gasteiger partial charge in [0.25, 0.3) is 0 Å². The predicted octanol–water partition coefficient (Wildman–Crippen LogP) is 0.0960. The van der Waals surface area contributed by atoms with Gasteiger partial charge in [-0.25, -0.2) is 9.67 Å². The van der Waals surface area contributed by atoms with Gasteiger partial charge in [-0.15, -0.1) is 0 Å². The smallest absolute Gasteiger partial charge is 0.242 e. The Bertz CT molecular complexity index is 482. The van der Waals surface area contributed by atoms with Crippen molar-refractivity contribution in [1.29, 1.82) is 0 Å². The van der Waals surface area contributed by atoms with Gasteiger partial charge in [-0.05, 0) is 20.8 Å². The molecule has 7 heteroatoms. The minimum Gasteiger partial charge on any atom is -0.347 e. The van der Waals surface area contributed by atoms with Crippen LogP contribution in [0.15, 0.2) is 6.33 Å². The van der Waals surface area contributed by atoms with Gasteiger partial charge in [0.05, 0.1) is 13.1 Å². The van der Waals surface area contributed by atoms with E-state index in [4.69, 9.17) is 0 Å². The molecule has 19 heavy (non-hydrogen) atoms. The topological polar surface area (TPSA) is 80.1 Å². The molecule has 0 spiro atoms. The lowest BCUT2D eigenvalue weighted by Gasteiger charge is -2.26. The lowest BCUT2D eigenvalue weighted by atomic mass is 10.2. The Hall–Kier alpha value is -1.92. The molecule has 0 bridgehead atoms. The van der Waals surface area contributed by atoms with Crippen LogP contribution >= 0.6 is 0 Å². The molecule has 1 aromatic heterocycles. The average Bonchev–Trinajstić information content (AvgIpc) is 2.76. The Labute approximate surface area is 112 Å². The van der Waals surface area contributed by atoms with Crippen molar-refractivity contribution < 1.29 is 9.59 Å². The predicted molar refractivity (Wildman–Crippen MR) is 68.0 cm³/mol. The van der Waals surface area contributed by atoms with E-state index < -0.39 is 0 Å². The van der Waals surface area contributed by atoms with Gasteiger partial charge in [0.2, 0.25) is 11.8 Å². The number of hydrogen-bond acceptors (Lipinski definition) is 4. The summed E-state index contributed by atoms with van der Waals surface area (Å²) in [7, 11) is 0. The molecule has 1 N–H and O–H groups in total. The van der Waals surface area contributed by atoms with Gasteiger partial charge < -0.3 is 10.2 Å². The highest BCUT2D eigenvalue weighted by Crippen LogP contribution is 2.14. The van der Waals surface area contributed by atoms with Gasteiger partial charge in [0.1, 0.15) is 12.2 Å². The van der Waals surface area contributed by atoms with Crippen LogP contribution < -0.4 is 5.32 Å². The summed E-state index contributed by atoms with van der Waals surface area (Å²) >= 11 is 0. The molecule has 0 saturated carbocycles. The van der Waals surface area contributed by atoms with Crippen molar-refractivity contribution in [3.63, 3.8) is 0 Å². The van der Waals surface area contributed by atoms with Crippen molar-refractivity contribution in [3.05, 3.63) is 12.2 Å². The maximum absolute atomic E-state index is 12.0. The van der Waals surface area contributed by atoms with Crippen LogP contribution in [0, 0.1) is 0 Å². The highest BCUT2D eigenvalue weighted by Gasteiger charge is 2.27. The van der Waals surface area contributed by atoms with Crippen molar-refractivity contribution in [2.45, 2.75) is 45.8 Å². The molecule has 1 unspecified atom stereocenters. The first-order valence-corrected chi connectivity index (χ1v) is 6.43. The summed E-state index contributed by atoms with van der Waals surface area (Å²) < 4.78 is 1.79. The van der Waals surface area contributed by atoms with Gasteiger partial charge >= 0.3 is 0 Å². The molecule has 7 nitrogen and oxygen atoms in total. The van der Waals surface area contributed by atoms with Gasteiger partial charge in [0, 0.05) is 18.5 Å². The fraction of sp³-hybridized carbons (Fsp3) is 0.667. The van der Waals surface area contributed by atoms with E-state index in [0.29, 0.717) is 13.0 Å². The Kier molecular flexibility index (Phi) is 3.82. The van der Waals surface area contributed by atoms with Crippen LogP contribution in [-0.4, -0.2) is 44.1 Å². The normalized spacial score (nSPS) is 20.6. The zero-order valence-corrected chi connectivity index (χ0v) is 11.5. The van der Waals surface area contributed by atoms with Crippen LogP contribution in [0.25, 0.3) is 0 Å². The second kappa shape index (κ2) is 5.38. The Balaban J connectivity index is 2.18. The summed E-state index contributed by atoms with van der Waals surface area (Å²) in [6.45, 7) is 6.33. The molecule has 1 aromatic rings. The van der Waals surface area contributed by atoms with Gasteiger partial charge in [-0.3, -0.25) is 9.59 Å². The van der Waals surface area contributed by atoms with Crippen LogP contribution in [0.2, 0.25) is 0 Å². The lowest BCUT2D eigenvalue weighted by Crippen LogP contribution is -2.39. The van der Waals surface area contributed by atoms with E-state index >= 15 is 0 Å². The first kappa shape index (κ1) is 13.5. The maximum Gasteiger partial charge on any atom is 0.242 e. The number of carbonyl (C=O) groups excluding carboxylic acids is 2. The van der Waals surface area contributed by atoms with E-state index in [1.807, 2.05) is 20.8 Å². The maximum atomic E-state index is 12.0. The number of hydrogen-bond donors (Lipinski definition) is 1. The molecule has 1 aliphatic heterocycles. The van der Waals surface area contributed by atoms with E-state index in [2.05, 4.69) is 15.4 Å². The fourth-order valence-corrected chi connectivity index (χ4v) is 2.19. The molecular formula is C12H19N5O2. The highest BCUT2D eigenvalue weighted by atomic mass is 16.2. The van der Waals surface area contributed by atoms with Crippen molar-refractivity contribution in [3.8, 4) is 0 Å². The molecule has 1 saturated heterocycles. The molecule has 2 rings (SSSR count). The van der Waals surface area contributed by atoms with E-state index in [9.17, 15) is 9.59 Å². The van der Waals surface area contributed by atoms with Crippen molar-refractivity contribution >= 4 is 11.8 Å². The average molecular weight is 265 g/mol. The first-order chi connectivity index (χ1) is 8.99. The van der Waals surface area contributed by atoms with Crippen molar-refractivity contribution in [1.82, 2.24) is 25.0 Å². The Morgan fingerprint density at radius 2 is 2.21 bits per heavy atom. The summed E-state index contributed by atoms with van der Waals surface area (Å²) in [4.78, 5) is 29.4. The zero-order valence-electron chi connectivity index (χ0n) is 11.5. The molecule has 0 radical (unpaired) electrons. The number of carbonyl (C=O) groups is 2. The van der Waals surface area contributed by atoms with Crippen LogP contribution in [0.1, 0.15) is 39.1 Å². The molecule has 2 amide bonds. The molecule has 2 heterocycles. The van der Waals surface area contributed by atoms with Crippen LogP contribution in [0.5, 0.6) is 0 Å². The standard InChI is InChI=1S/C12H19N5O2/c1-8(2)17-10(14-7-15-17)6-16-9(3)4-11(18)13-5-12(16)19/h7-9H,4-6H2,1-3H3,(H,13,18). The molecule has 0 aromatic carbocycles. The van der Waals surface area contributed by atoms with Gasteiger partial charge in [-0.1, -0.05) is 0 Å². The highest BCUT2D eigenvalue weighted by molar-refractivity contribution is 5.87. The van der Waals surface area contributed by atoms with Crippen molar-refractivity contribution in [2.75, 3.05) is 6.54 Å². The fourth-order valence-electron chi connectivity index (χ4n) is 2.19. The first-order valence-electron chi connectivity index (χ1n) is 6.43. The zero-order chi connectivity index (χ0) is 14.0. The minimum atomic E-state index is -0.132.